The summed E-state index contributed by atoms with van der Waals surface area (Å²) in [6, 6.07) is 10.7. The van der Waals surface area contributed by atoms with Crippen LogP contribution in [0.15, 0.2) is 24.3 Å². The maximum Gasteiger partial charge on any atom is 0.174 e. The zero-order valence-corrected chi connectivity index (χ0v) is 12.8. The summed E-state index contributed by atoms with van der Waals surface area (Å²) >= 11 is 0. The second-order valence-electron chi connectivity index (χ2n) is 5.69. The summed E-state index contributed by atoms with van der Waals surface area (Å²) in [5, 5.41) is 11.9. The van der Waals surface area contributed by atoms with Crippen LogP contribution in [0.2, 0.25) is 0 Å². The molecule has 0 unspecified atom stereocenters. The molecule has 1 N–H and O–H groups in total. The SMILES string of the molecule is CN(CCNCc1ccc(OCC#N)cc1)C1CCCC1. The first-order valence-electron chi connectivity index (χ1n) is 7.79. The maximum atomic E-state index is 8.46. The van der Waals surface area contributed by atoms with E-state index in [9.17, 15) is 0 Å². The number of ether oxygens (including phenoxy) is 1. The summed E-state index contributed by atoms with van der Waals surface area (Å²) in [6.45, 7) is 3.09. The molecule has 1 aromatic rings. The van der Waals surface area contributed by atoms with Crippen LogP contribution >= 0.6 is 0 Å². The van der Waals surface area contributed by atoms with E-state index < -0.39 is 0 Å². The van der Waals surface area contributed by atoms with Crippen LogP contribution in [0.25, 0.3) is 0 Å². The lowest BCUT2D eigenvalue weighted by Gasteiger charge is -2.24. The number of benzene rings is 1. The summed E-state index contributed by atoms with van der Waals surface area (Å²) in [5.74, 6) is 0.751. The quantitative estimate of drug-likeness (QED) is 0.747. The van der Waals surface area contributed by atoms with Gasteiger partial charge in [-0.2, -0.15) is 5.26 Å². The van der Waals surface area contributed by atoms with Crippen molar-refractivity contribution < 1.29 is 4.74 Å². The molecule has 0 amide bonds. The van der Waals surface area contributed by atoms with Gasteiger partial charge in [0.05, 0.1) is 0 Å². The van der Waals surface area contributed by atoms with Gasteiger partial charge in [0.25, 0.3) is 0 Å². The topological polar surface area (TPSA) is 48.3 Å². The minimum Gasteiger partial charge on any atom is -0.479 e. The lowest BCUT2D eigenvalue weighted by atomic mass is 10.2. The maximum absolute atomic E-state index is 8.46. The zero-order chi connectivity index (χ0) is 14.9. The molecule has 0 bridgehead atoms. The summed E-state index contributed by atoms with van der Waals surface area (Å²) in [5.41, 5.74) is 1.24. The van der Waals surface area contributed by atoms with Gasteiger partial charge in [0.1, 0.15) is 11.8 Å². The van der Waals surface area contributed by atoms with E-state index in [1.165, 1.54) is 31.2 Å². The molecule has 0 radical (unpaired) electrons. The molecule has 0 heterocycles. The third-order valence-corrected chi connectivity index (χ3v) is 4.15. The van der Waals surface area contributed by atoms with E-state index in [4.69, 9.17) is 10.00 Å². The summed E-state index contributed by atoms with van der Waals surface area (Å²) in [6.07, 6.45) is 5.51. The second kappa shape index (κ2) is 8.66. The van der Waals surface area contributed by atoms with Gasteiger partial charge in [-0.05, 0) is 37.6 Å². The van der Waals surface area contributed by atoms with E-state index >= 15 is 0 Å². The normalized spacial score (nSPS) is 15.3. The van der Waals surface area contributed by atoms with Crippen molar-refractivity contribution in [1.29, 1.82) is 5.26 Å². The molecule has 1 saturated carbocycles. The number of rotatable bonds is 8. The van der Waals surface area contributed by atoms with Gasteiger partial charge in [-0.15, -0.1) is 0 Å². The Hall–Kier alpha value is -1.57. The highest BCUT2D eigenvalue weighted by molar-refractivity contribution is 5.27. The molecule has 1 aromatic carbocycles. The van der Waals surface area contributed by atoms with Crippen molar-refractivity contribution in [3.63, 3.8) is 0 Å². The third-order valence-electron chi connectivity index (χ3n) is 4.15. The summed E-state index contributed by atoms with van der Waals surface area (Å²) in [7, 11) is 2.24. The Bertz CT molecular complexity index is 446. The molecule has 4 nitrogen and oxygen atoms in total. The molecule has 1 aliphatic rings. The minimum absolute atomic E-state index is 0.102. The minimum atomic E-state index is 0.102. The molecular weight excluding hydrogens is 262 g/mol. The van der Waals surface area contributed by atoms with Crippen LogP contribution in [0.5, 0.6) is 5.75 Å². The van der Waals surface area contributed by atoms with Crippen molar-refractivity contribution >= 4 is 0 Å². The Kier molecular flexibility index (Phi) is 6.52. The Balaban J connectivity index is 1.63. The van der Waals surface area contributed by atoms with E-state index in [0.717, 1.165) is 31.4 Å². The van der Waals surface area contributed by atoms with Crippen LogP contribution in [0, 0.1) is 11.3 Å². The van der Waals surface area contributed by atoms with Crippen molar-refractivity contribution in [2.24, 2.45) is 0 Å². The highest BCUT2D eigenvalue weighted by Crippen LogP contribution is 2.21. The van der Waals surface area contributed by atoms with E-state index in [0.29, 0.717) is 0 Å². The summed E-state index contributed by atoms with van der Waals surface area (Å²) < 4.78 is 5.24. The van der Waals surface area contributed by atoms with Crippen LogP contribution in [0.4, 0.5) is 0 Å². The first-order valence-corrected chi connectivity index (χ1v) is 7.79. The highest BCUT2D eigenvalue weighted by Gasteiger charge is 2.18. The van der Waals surface area contributed by atoms with E-state index in [2.05, 4.69) is 17.3 Å². The number of nitrogens with one attached hydrogen (secondary N) is 1. The van der Waals surface area contributed by atoms with Crippen molar-refractivity contribution in [3.05, 3.63) is 29.8 Å². The molecule has 1 fully saturated rings. The van der Waals surface area contributed by atoms with Gasteiger partial charge < -0.3 is 15.0 Å². The number of nitrogens with zero attached hydrogens (tertiary/aromatic N) is 2. The lowest BCUT2D eigenvalue weighted by Crippen LogP contribution is -2.35. The van der Waals surface area contributed by atoms with Crippen LogP contribution in [0.1, 0.15) is 31.2 Å². The van der Waals surface area contributed by atoms with Crippen molar-refractivity contribution in [2.45, 2.75) is 38.3 Å². The van der Waals surface area contributed by atoms with E-state index in [-0.39, 0.29) is 6.61 Å². The molecule has 0 aromatic heterocycles. The third kappa shape index (κ3) is 5.37. The molecule has 1 aliphatic carbocycles. The number of nitriles is 1. The fraction of sp³-hybridized carbons (Fsp3) is 0.588. The molecule has 0 spiro atoms. The molecule has 2 rings (SSSR count). The molecular formula is C17H25N3O. The lowest BCUT2D eigenvalue weighted by molar-refractivity contribution is 0.245. The first-order chi connectivity index (χ1) is 10.3. The van der Waals surface area contributed by atoms with Crippen molar-refractivity contribution in [3.8, 4) is 11.8 Å². The Morgan fingerprint density at radius 2 is 2.00 bits per heavy atom. The van der Waals surface area contributed by atoms with Crippen LogP contribution < -0.4 is 10.1 Å². The molecule has 0 aliphatic heterocycles. The van der Waals surface area contributed by atoms with Gasteiger partial charge >= 0.3 is 0 Å². The summed E-state index contributed by atoms with van der Waals surface area (Å²) in [4.78, 5) is 2.48. The van der Waals surface area contributed by atoms with Crippen LogP contribution in [-0.4, -0.2) is 37.7 Å². The molecule has 0 atom stereocenters. The monoisotopic (exact) mass is 287 g/mol. The van der Waals surface area contributed by atoms with E-state index in [1.807, 2.05) is 30.3 Å². The van der Waals surface area contributed by atoms with E-state index in [1.54, 1.807) is 0 Å². The van der Waals surface area contributed by atoms with Crippen molar-refractivity contribution in [1.82, 2.24) is 10.2 Å². The predicted octanol–water partition coefficient (Wildman–Crippen LogP) is 2.55. The molecule has 0 saturated heterocycles. The largest absolute Gasteiger partial charge is 0.479 e. The van der Waals surface area contributed by atoms with Crippen LogP contribution in [-0.2, 0) is 6.54 Å². The highest BCUT2D eigenvalue weighted by atomic mass is 16.5. The van der Waals surface area contributed by atoms with Gasteiger partial charge in [-0.1, -0.05) is 25.0 Å². The Morgan fingerprint density at radius 3 is 2.67 bits per heavy atom. The van der Waals surface area contributed by atoms with Gasteiger partial charge in [0.2, 0.25) is 0 Å². The second-order valence-corrected chi connectivity index (χ2v) is 5.69. The predicted molar refractivity (Wildman–Crippen MR) is 84.1 cm³/mol. The fourth-order valence-corrected chi connectivity index (χ4v) is 2.83. The zero-order valence-electron chi connectivity index (χ0n) is 12.8. The number of hydrogen-bond donors (Lipinski definition) is 1. The van der Waals surface area contributed by atoms with Crippen molar-refractivity contribution in [2.75, 3.05) is 26.7 Å². The van der Waals surface area contributed by atoms with Gasteiger partial charge in [0.15, 0.2) is 6.61 Å². The first kappa shape index (κ1) is 15.8. The molecule has 21 heavy (non-hydrogen) atoms. The Morgan fingerprint density at radius 1 is 1.29 bits per heavy atom. The van der Waals surface area contributed by atoms with Gasteiger partial charge in [-0.25, -0.2) is 0 Å². The molecule has 114 valence electrons. The number of hydrogen-bond acceptors (Lipinski definition) is 4. The van der Waals surface area contributed by atoms with Crippen LogP contribution in [0.3, 0.4) is 0 Å². The fourth-order valence-electron chi connectivity index (χ4n) is 2.83. The average molecular weight is 287 g/mol. The van der Waals surface area contributed by atoms with Gasteiger partial charge in [0, 0.05) is 25.7 Å². The number of likely N-dealkylation sites (N-methyl/N-ethyl adjacent to an activating group) is 1. The smallest absolute Gasteiger partial charge is 0.174 e. The van der Waals surface area contributed by atoms with Gasteiger partial charge in [-0.3, -0.25) is 0 Å². The standard InChI is InChI=1S/C17H25N3O/c1-20(16-4-2-3-5-16)12-11-19-14-15-6-8-17(9-7-15)21-13-10-18/h6-9,16,19H,2-5,11-14H2,1H3. The Labute approximate surface area is 127 Å². The molecule has 4 heteroatoms. The average Bonchev–Trinajstić information content (AvgIpc) is 3.05.